The van der Waals surface area contributed by atoms with Crippen LogP contribution in [0.1, 0.15) is 33.0 Å². The molecule has 0 aliphatic rings. The number of nitrogens with one attached hydrogen (secondary N) is 1. The number of hydrogen-bond acceptors (Lipinski definition) is 5. The molecule has 5 nitrogen and oxygen atoms in total. The summed E-state index contributed by atoms with van der Waals surface area (Å²) in [5.74, 6) is 2.58. The highest BCUT2D eigenvalue weighted by molar-refractivity contribution is 5.49. The molecule has 5 heteroatoms. The van der Waals surface area contributed by atoms with Crippen LogP contribution >= 0.6 is 0 Å². The minimum Gasteiger partial charge on any atom is -0.365 e. The Labute approximate surface area is 110 Å². The summed E-state index contributed by atoms with van der Waals surface area (Å²) >= 11 is 0. The molecule has 0 saturated carbocycles. The Morgan fingerprint density at radius 1 is 1.39 bits per heavy atom. The van der Waals surface area contributed by atoms with E-state index in [1.54, 1.807) is 0 Å². The second-order valence-electron chi connectivity index (χ2n) is 5.22. The summed E-state index contributed by atoms with van der Waals surface area (Å²) < 4.78 is 0. The maximum absolute atomic E-state index is 5.62. The van der Waals surface area contributed by atoms with Crippen LogP contribution in [-0.4, -0.2) is 35.6 Å². The van der Waals surface area contributed by atoms with Crippen LogP contribution in [0.4, 0.5) is 11.6 Å². The van der Waals surface area contributed by atoms with E-state index in [0.717, 1.165) is 30.4 Å². The van der Waals surface area contributed by atoms with Gasteiger partial charge in [0.05, 0.1) is 0 Å². The third-order valence-electron chi connectivity index (χ3n) is 2.93. The largest absolute Gasteiger partial charge is 0.365 e. The molecule has 1 heterocycles. The average molecular weight is 251 g/mol. The first-order valence-electron chi connectivity index (χ1n) is 6.43. The first-order chi connectivity index (χ1) is 8.38. The second-order valence-corrected chi connectivity index (χ2v) is 5.22. The van der Waals surface area contributed by atoms with Gasteiger partial charge in [0.1, 0.15) is 17.5 Å². The van der Waals surface area contributed by atoms with Gasteiger partial charge in [0.15, 0.2) is 0 Å². The van der Waals surface area contributed by atoms with E-state index in [1.165, 1.54) is 0 Å². The SMILES string of the molecule is CCN(C)c1cc(NC(C)(C)CCN)nc(C)n1. The molecule has 0 aliphatic carbocycles. The Bertz CT molecular complexity index is 389. The van der Waals surface area contributed by atoms with Gasteiger partial charge in [-0.15, -0.1) is 0 Å². The van der Waals surface area contributed by atoms with Crippen molar-refractivity contribution in [1.29, 1.82) is 0 Å². The fourth-order valence-corrected chi connectivity index (χ4v) is 1.74. The summed E-state index contributed by atoms with van der Waals surface area (Å²) in [6, 6.07) is 1.98. The summed E-state index contributed by atoms with van der Waals surface area (Å²) in [6.45, 7) is 9.84. The topological polar surface area (TPSA) is 67.1 Å². The van der Waals surface area contributed by atoms with Gasteiger partial charge in [-0.1, -0.05) is 0 Å². The number of anilines is 2. The highest BCUT2D eigenvalue weighted by atomic mass is 15.2. The Morgan fingerprint density at radius 3 is 2.61 bits per heavy atom. The molecule has 0 aromatic carbocycles. The fourth-order valence-electron chi connectivity index (χ4n) is 1.74. The van der Waals surface area contributed by atoms with Gasteiger partial charge in [0, 0.05) is 25.2 Å². The van der Waals surface area contributed by atoms with Gasteiger partial charge in [0.2, 0.25) is 0 Å². The minimum atomic E-state index is -0.0579. The number of rotatable bonds is 6. The van der Waals surface area contributed by atoms with E-state index in [9.17, 15) is 0 Å². The predicted octanol–water partition coefficient (Wildman–Crippen LogP) is 1.78. The van der Waals surface area contributed by atoms with Crippen molar-refractivity contribution >= 4 is 11.6 Å². The number of aromatic nitrogens is 2. The van der Waals surface area contributed by atoms with Crippen molar-refractivity contribution in [3.05, 3.63) is 11.9 Å². The van der Waals surface area contributed by atoms with Gasteiger partial charge >= 0.3 is 0 Å². The van der Waals surface area contributed by atoms with Crippen LogP contribution < -0.4 is 16.0 Å². The lowest BCUT2D eigenvalue weighted by Crippen LogP contribution is -2.34. The lowest BCUT2D eigenvalue weighted by Gasteiger charge is -2.27. The zero-order valence-corrected chi connectivity index (χ0v) is 12.1. The van der Waals surface area contributed by atoms with Crippen molar-refractivity contribution in [3.63, 3.8) is 0 Å². The zero-order chi connectivity index (χ0) is 13.8. The minimum absolute atomic E-state index is 0.0579. The van der Waals surface area contributed by atoms with Crippen LogP contribution in [-0.2, 0) is 0 Å². The number of aryl methyl sites for hydroxylation is 1. The molecule has 18 heavy (non-hydrogen) atoms. The molecule has 0 bridgehead atoms. The third-order valence-corrected chi connectivity index (χ3v) is 2.93. The van der Waals surface area contributed by atoms with Crippen molar-refractivity contribution in [2.75, 3.05) is 30.4 Å². The first-order valence-corrected chi connectivity index (χ1v) is 6.43. The van der Waals surface area contributed by atoms with E-state index in [0.29, 0.717) is 6.54 Å². The number of nitrogens with zero attached hydrogens (tertiary/aromatic N) is 3. The van der Waals surface area contributed by atoms with E-state index < -0.39 is 0 Å². The first kappa shape index (κ1) is 14.7. The second kappa shape index (κ2) is 6.00. The van der Waals surface area contributed by atoms with Gasteiger partial charge in [-0.3, -0.25) is 0 Å². The van der Waals surface area contributed by atoms with E-state index in [-0.39, 0.29) is 5.54 Å². The normalized spacial score (nSPS) is 11.4. The van der Waals surface area contributed by atoms with Gasteiger partial charge in [-0.25, -0.2) is 9.97 Å². The van der Waals surface area contributed by atoms with Gasteiger partial charge in [0.25, 0.3) is 0 Å². The molecule has 0 unspecified atom stereocenters. The highest BCUT2D eigenvalue weighted by Gasteiger charge is 2.17. The smallest absolute Gasteiger partial charge is 0.134 e. The third kappa shape index (κ3) is 4.14. The molecule has 0 saturated heterocycles. The molecule has 0 amide bonds. The van der Waals surface area contributed by atoms with Crippen molar-refractivity contribution in [1.82, 2.24) is 9.97 Å². The predicted molar refractivity (Wildman–Crippen MR) is 77.1 cm³/mol. The van der Waals surface area contributed by atoms with Crippen LogP contribution in [0.5, 0.6) is 0 Å². The Hall–Kier alpha value is -1.36. The molecular weight excluding hydrogens is 226 g/mol. The molecule has 1 aromatic rings. The summed E-state index contributed by atoms with van der Waals surface area (Å²) in [5.41, 5.74) is 5.56. The van der Waals surface area contributed by atoms with E-state index >= 15 is 0 Å². The maximum Gasteiger partial charge on any atom is 0.134 e. The monoisotopic (exact) mass is 251 g/mol. The van der Waals surface area contributed by atoms with Crippen LogP contribution in [0.15, 0.2) is 6.07 Å². The molecule has 0 aliphatic heterocycles. The van der Waals surface area contributed by atoms with Crippen LogP contribution in [0.3, 0.4) is 0 Å². The lowest BCUT2D eigenvalue weighted by atomic mass is 10.0. The van der Waals surface area contributed by atoms with Crippen LogP contribution in [0, 0.1) is 6.92 Å². The summed E-state index contributed by atoms with van der Waals surface area (Å²) in [5, 5.41) is 3.42. The zero-order valence-electron chi connectivity index (χ0n) is 12.1. The highest BCUT2D eigenvalue weighted by Crippen LogP contribution is 2.19. The molecule has 0 radical (unpaired) electrons. The molecule has 3 N–H and O–H groups in total. The van der Waals surface area contributed by atoms with Crippen molar-refractivity contribution < 1.29 is 0 Å². The van der Waals surface area contributed by atoms with Gasteiger partial charge in [-0.05, 0) is 40.7 Å². The van der Waals surface area contributed by atoms with Crippen molar-refractivity contribution in [2.24, 2.45) is 5.73 Å². The standard InChI is InChI=1S/C13H25N5/c1-6-18(5)12-9-11(15-10(2)16-12)17-13(3,4)7-8-14/h9H,6-8,14H2,1-5H3,(H,15,16,17). The molecular formula is C13H25N5. The number of hydrogen-bond donors (Lipinski definition) is 2. The number of nitrogens with two attached hydrogens (primary N) is 1. The Balaban J connectivity index is 2.92. The molecule has 1 aromatic heterocycles. The van der Waals surface area contributed by atoms with Crippen LogP contribution in [0.25, 0.3) is 0 Å². The van der Waals surface area contributed by atoms with E-state index in [1.807, 2.05) is 20.0 Å². The molecule has 0 atom stereocenters. The van der Waals surface area contributed by atoms with Gasteiger partial charge in [-0.2, -0.15) is 0 Å². The Kier molecular flexibility index (Phi) is 4.90. The van der Waals surface area contributed by atoms with Crippen molar-refractivity contribution in [2.45, 2.75) is 39.7 Å². The van der Waals surface area contributed by atoms with Crippen LogP contribution in [0.2, 0.25) is 0 Å². The fraction of sp³-hybridized carbons (Fsp3) is 0.692. The summed E-state index contributed by atoms with van der Waals surface area (Å²) in [6.07, 6.45) is 0.898. The molecule has 102 valence electrons. The molecule has 1 rings (SSSR count). The average Bonchev–Trinajstić information content (AvgIpc) is 2.26. The summed E-state index contributed by atoms with van der Waals surface area (Å²) in [4.78, 5) is 11.0. The van der Waals surface area contributed by atoms with Crippen molar-refractivity contribution in [3.8, 4) is 0 Å². The van der Waals surface area contributed by atoms with E-state index in [2.05, 4.69) is 41.0 Å². The lowest BCUT2D eigenvalue weighted by molar-refractivity contribution is 0.524. The Morgan fingerprint density at radius 2 is 2.06 bits per heavy atom. The molecule has 0 fully saturated rings. The maximum atomic E-state index is 5.62. The van der Waals surface area contributed by atoms with Gasteiger partial charge < -0.3 is 16.0 Å². The summed E-state index contributed by atoms with van der Waals surface area (Å²) in [7, 11) is 2.02. The van der Waals surface area contributed by atoms with E-state index in [4.69, 9.17) is 5.73 Å². The quantitative estimate of drug-likeness (QED) is 0.806. The molecule has 0 spiro atoms.